The molecule has 5 nitrogen and oxygen atoms in total. The zero-order valence-electron chi connectivity index (χ0n) is 15.1. The summed E-state index contributed by atoms with van der Waals surface area (Å²) in [6, 6.07) is 12.3. The molecule has 1 aliphatic rings. The second-order valence-corrected chi connectivity index (χ2v) is 8.15. The third-order valence-electron chi connectivity index (χ3n) is 4.74. The first-order chi connectivity index (χ1) is 12.4. The highest BCUT2D eigenvalue weighted by molar-refractivity contribution is 6.33. The third-order valence-corrected chi connectivity index (χ3v) is 5.02. The van der Waals surface area contributed by atoms with Crippen molar-refractivity contribution in [2.75, 3.05) is 18.0 Å². The molecule has 0 atom stereocenters. The van der Waals surface area contributed by atoms with Crippen LogP contribution in [0, 0.1) is 11.3 Å². The highest BCUT2D eigenvalue weighted by Crippen LogP contribution is 2.36. The Labute approximate surface area is 157 Å². The molecule has 0 amide bonds. The monoisotopic (exact) mass is 365 g/mol. The Kier molecular flexibility index (Phi) is 3.89. The number of benzene rings is 1. The Hall–Kier alpha value is -2.58. The lowest BCUT2D eigenvalue weighted by atomic mass is 9.94. The van der Waals surface area contributed by atoms with E-state index in [-0.39, 0.29) is 5.41 Å². The van der Waals surface area contributed by atoms with Crippen LogP contribution in [0.2, 0.25) is 5.02 Å². The first-order valence-corrected chi connectivity index (χ1v) is 9.04. The van der Waals surface area contributed by atoms with E-state index in [1.54, 1.807) is 12.3 Å². The minimum atomic E-state index is -0.0379. The van der Waals surface area contributed by atoms with Gasteiger partial charge in [-0.1, -0.05) is 44.5 Å². The number of fused-ring (bicyclic) bond motifs is 1. The maximum absolute atomic E-state index is 8.96. The van der Waals surface area contributed by atoms with Gasteiger partial charge in [-0.3, -0.25) is 0 Å². The van der Waals surface area contributed by atoms with Gasteiger partial charge in [0, 0.05) is 24.7 Å². The lowest BCUT2D eigenvalue weighted by molar-refractivity contribution is 0.371. The first-order valence-electron chi connectivity index (χ1n) is 8.66. The van der Waals surface area contributed by atoms with Crippen molar-refractivity contribution in [1.82, 2.24) is 14.5 Å². The van der Waals surface area contributed by atoms with Gasteiger partial charge in [0.2, 0.25) is 0 Å². The average molecular weight is 366 g/mol. The molecule has 3 aromatic rings. The standard InChI is InChI=1S/C20H20ClN5/c1-20(2,3)19-24-16-6-4-5-7-17(16)26(19)14-11-25(12-14)18-15(21)8-13(9-22)10-23-18/h4-8,10,14H,11-12H2,1-3H3. The van der Waals surface area contributed by atoms with Gasteiger partial charge in [-0.25, -0.2) is 9.97 Å². The van der Waals surface area contributed by atoms with E-state index in [2.05, 4.69) is 59.5 Å². The molecule has 4 rings (SSSR count). The van der Waals surface area contributed by atoms with E-state index in [1.165, 1.54) is 5.52 Å². The van der Waals surface area contributed by atoms with Crippen molar-refractivity contribution in [2.45, 2.75) is 32.2 Å². The Morgan fingerprint density at radius 2 is 1.96 bits per heavy atom. The zero-order valence-corrected chi connectivity index (χ0v) is 15.8. The molecule has 132 valence electrons. The van der Waals surface area contributed by atoms with E-state index in [0.717, 1.165) is 30.2 Å². The van der Waals surface area contributed by atoms with E-state index in [4.69, 9.17) is 21.8 Å². The van der Waals surface area contributed by atoms with Gasteiger partial charge in [-0.2, -0.15) is 5.26 Å². The molecule has 1 saturated heterocycles. The van der Waals surface area contributed by atoms with Gasteiger partial charge >= 0.3 is 0 Å². The van der Waals surface area contributed by atoms with Crippen LogP contribution in [0.4, 0.5) is 5.82 Å². The van der Waals surface area contributed by atoms with E-state index < -0.39 is 0 Å². The molecular formula is C20H20ClN5. The number of hydrogen-bond donors (Lipinski definition) is 0. The number of pyridine rings is 1. The fourth-order valence-corrected chi connectivity index (χ4v) is 3.75. The van der Waals surface area contributed by atoms with E-state index >= 15 is 0 Å². The summed E-state index contributed by atoms with van der Waals surface area (Å²) in [6.45, 7) is 8.23. The molecule has 6 heteroatoms. The minimum Gasteiger partial charge on any atom is -0.351 e. The van der Waals surface area contributed by atoms with Crippen LogP contribution in [0.5, 0.6) is 0 Å². The molecule has 0 radical (unpaired) electrons. The number of nitrogens with zero attached hydrogens (tertiary/aromatic N) is 5. The van der Waals surface area contributed by atoms with Gasteiger partial charge in [0.05, 0.1) is 27.7 Å². The lowest BCUT2D eigenvalue weighted by Gasteiger charge is -2.42. The van der Waals surface area contributed by atoms with Crippen LogP contribution in [-0.2, 0) is 5.41 Å². The SMILES string of the molecule is CC(C)(C)c1nc2ccccc2n1C1CN(c2ncc(C#N)cc2Cl)C1. The predicted octanol–water partition coefficient (Wildman–Crippen LogP) is 4.32. The van der Waals surface area contributed by atoms with Crippen molar-refractivity contribution in [2.24, 2.45) is 0 Å². The Balaban J connectivity index is 1.66. The van der Waals surface area contributed by atoms with Crippen LogP contribution in [-0.4, -0.2) is 27.6 Å². The fraction of sp³-hybridized carbons (Fsp3) is 0.350. The molecular weight excluding hydrogens is 346 g/mol. The summed E-state index contributed by atoms with van der Waals surface area (Å²) in [5, 5.41) is 9.49. The number of nitriles is 1. The maximum Gasteiger partial charge on any atom is 0.147 e. The average Bonchev–Trinajstić information content (AvgIpc) is 2.95. The molecule has 0 saturated carbocycles. The number of imidazole rings is 1. The molecule has 3 heterocycles. The van der Waals surface area contributed by atoms with Crippen molar-refractivity contribution < 1.29 is 0 Å². The van der Waals surface area contributed by atoms with Gasteiger partial charge in [0.25, 0.3) is 0 Å². The number of aromatic nitrogens is 3. The number of para-hydroxylation sites is 2. The van der Waals surface area contributed by atoms with Gasteiger partial charge in [-0.05, 0) is 18.2 Å². The molecule has 0 bridgehead atoms. The topological polar surface area (TPSA) is 57.7 Å². The van der Waals surface area contributed by atoms with Crippen LogP contribution in [0.25, 0.3) is 11.0 Å². The molecule has 0 spiro atoms. The summed E-state index contributed by atoms with van der Waals surface area (Å²) in [7, 11) is 0. The minimum absolute atomic E-state index is 0.0379. The van der Waals surface area contributed by atoms with Gasteiger partial charge < -0.3 is 9.47 Å². The third kappa shape index (κ3) is 2.71. The zero-order chi connectivity index (χ0) is 18.5. The van der Waals surface area contributed by atoms with Crippen LogP contribution < -0.4 is 4.90 Å². The molecule has 0 N–H and O–H groups in total. The fourth-order valence-electron chi connectivity index (χ4n) is 3.46. The van der Waals surface area contributed by atoms with Crippen molar-refractivity contribution in [3.8, 4) is 6.07 Å². The van der Waals surface area contributed by atoms with E-state index in [1.807, 2.05) is 6.07 Å². The Morgan fingerprint density at radius 1 is 1.23 bits per heavy atom. The Morgan fingerprint density at radius 3 is 2.62 bits per heavy atom. The molecule has 0 unspecified atom stereocenters. The van der Waals surface area contributed by atoms with Crippen molar-refractivity contribution in [1.29, 1.82) is 5.26 Å². The molecule has 1 fully saturated rings. The van der Waals surface area contributed by atoms with Crippen LogP contribution in [0.15, 0.2) is 36.5 Å². The van der Waals surface area contributed by atoms with E-state index in [9.17, 15) is 0 Å². The smallest absolute Gasteiger partial charge is 0.147 e. The molecule has 1 aliphatic heterocycles. The summed E-state index contributed by atoms with van der Waals surface area (Å²) >= 11 is 6.31. The molecule has 26 heavy (non-hydrogen) atoms. The maximum atomic E-state index is 8.96. The lowest BCUT2D eigenvalue weighted by Crippen LogP contribution is -2.49. The van der Waals surface area contributed by atoms with Crippen LogP contribution in [0.1, 0.15) is 38.2 Å². The predicted molar refractivity (Wildman–Crippen MR) is 104 cm³/mol. The first kappa shape index (κ1) is 16.9. The Bertz CT molecular complexity index is 1020. The van der Waals surface area contributed by atoms with Crippen molar-refractivity contribution in [3.63, 3.8) is 0 Å². The quantitative estimate of drug-likeness (QED) is 0.678. The number of anilines is 1. The van der Waals surface area contributed by atoms with Crippen molar-refractivity contribution in [3.05, 3.63) is 52.9 Å². The molecule has 1 aromatic carbocycles. The molecule has 2 aromatic heterocycles. The second-order valence-electron chi connectivity index (χ2n) is 7.74. The van der Waals surface area contributed by atoms with Crippen LogP contribution in [0.3, 0.4) is 0 Å². The van der Waals surface area contributed by atoms with Crippen LogP contribution >= 0.6 is 11.6 Å². The second kappa shape index (κ2) is 6.00. The number of halogens is 1. The van der Waals surface area contributed by atoms with Gasteiger partial charge in [0.15, 0.2) is 0 Å². The highest BCUT2D eigenvalue weighted by atomic mass is 35.5. The van der Waals surface area contributed by atoms with Gasteiger partial charge in [0.1, 0.15) is 17.7 Å². The summed E-state index contributed by atoms with van der Waals surface area (Å²) < 4.78 is 2.36. The number of rotatable bonds is 2. The summed E-state index contributed by atoms with van der Waals surface area (Å²) in [5.41, 5.74) is 2.64. The normalized spacial score (nSPS) is 15.1. The van der Waals surface area contributed by atoms with Crippen molar-refractivity contribution >= 4 is 28.5 Å². The summed E-state index contributed by atoms with van der Waals surface area (Å²) in [5.74, 6) is 1.84. The largest absolute Gasteiger partial charge is 0.351 e. The van der Waals surface area contributed by atoms with Gasteiger partial charge in [-0.15, -0.1) is 0 Å². The summed E-state index contributed by atoms with van der Waals surface area (Å²) in [4.78, 5) is 11.4. The van der Waals surface area contributed by atoms with E-state index in [0.29, 0.717) is 16.6 Å². The number of hydrogen-bond acceptors (Lipinski definition) is 4. The highest BCUT2D eigenvalue weighted by Gasteiger charge is 2.35. The molecule has 0 aliphatic carbocycles. The summed E-state index contributed by atoms with van der Waals surface area (Å²) in [6.07, 6.45) is 1.57.